The Balaban J connectivity index is 1.61. The summed E-state index contributed by atoms with van der Waals surface area (Å²) < 4.78 is 48.6. The summed E-state index contributed by atoms with van der Waals surface area (Å²) >= 11 is 1.51. The molecule has 2 heterocycles. The fraction of sp³-hybridized carbons (Fsp3) is 0.400. The molecule has 2 N–H and O–H groups in total. The van der Waals surface area contributed by atoms with Gasteiger partial charge in [-0.25, -0.2) is 17.8 Å². The molecule has 1 saturated heterocycles. The molecule has 9 heteroatoms. The highest BCUT2D eigenvalue weighted by atomic mass is 32.2. The monoisotopic (exact) mass is 503 g/mol. The Morgan fingerprint density at radius 3 is 2.56 bits per heavy atom. The van der Waals surface area contributed by atoms with Crippen molar-refractivity contribution in [2.75, 3.05) is 23.3 Å². The van der Waals surface area contributed by atoms with Gasteiger partial charge in [-0.05, 0) is 75.3 Å². The topological polar surface area (TPSA) is 80.3 Å². The standard InChI is InChI=1S/C25H30FN3O3S2/c1-15-8-9-20(14-22(15)34(30,31)29-23-16(2)6-5-7-21(23)26)24-18(4)28-25(33-24)27-17(3)19-10-12-32-13-11-19/h5-9,14,17,19,29H,10-13H2,1-4H3,(H,27,28). The average molecular weight is 504 g/mol. The van der Waals surface area contributed by atoms with Crippen molar-refractivity contribution in [1.82, 2.24) is 4.98 Å². The maximum absolute atomic E-state index is 14.3. The number of hydrogen-bond acceptors (Lipinski definition) is 6. The van der Waals surface area contributed by atoms with E-state index in [1.807, 2.05) is 13.0 Å². The minimum absolute atomic E-state index is 0.0325. The number of nitrogens with zero attached hydrogens (tertiary/aromatic N) is 1. The number of aromatic nitrogens is 1. The van der Waals surface area contributed by atoms with E-state index >= 15 is 0 Å². The molecule has 1 atom stereocenters. The van der Waals surface area contributed by atoms with Crippen molar-refractivity contribution in [3.05, 3.63) is 59.0 Å². The molecular formula is C25H30FN3O3S2. The van der Waals surface area contributed by atoms with E-state index in [1.165, 1.54) is 17.4 Å². The summed E-state index contributed by atoms with van der Waals surface area (Å²) in [4.78, 5) is 5.71. The Bertz CT molecular complexity index is 1260. The molecule has 34 heavy (non-hydrogen) atoms. The van der Waals surface area contributed by atoms with Crippen molar-refractivity contribution < 1.29 is 17.5 Å². The molecule has 1 aliphatic rings. The SMILES string of the molecule is Cc1ccc(-c2sc(NC(C)C3CCOCC3)nc2C)cc1S(=O)(=O)Nc1c(C)cccc1F. The number of sulfonamides is 1. The van der Waals surface area contributed by atoms with Gasteiger partial charge in [-0.1, -0.05) is 35.6 Å². The van der Waals surface area contributed by atoms with Gasteiger partial charge in [-0.2, -0.15) is 0 Å². The number of nitrogens with one attached hydrogen (secondary N) is 2. The van der Waals surface area contributed by atoms with Crippen LogP contribution in [-0.2, 0) is 14.8 Å². The van der Waals surface area contributed by atoms with E-state index < -0.39 is 15.8 Å². The summed E-state index contributed by atoms with van der Waals surface area (Å²) in [6.07, 6.45) is 2.05. The maximum atomic E-state index is 14.3. The van der Waals surface area contributed by atoms with Gasteiger partial charge in [-0.15, -0.1) is 0 Å². The van der Waals surface area contributed by atoms with E-state index in [-0.39, 0.29) is 16.6 Å². The average Bonchev–Trinajstić information content (AvgIpc) is 3.17. The molecule has 4 rings (SSSR count). The third kappa shape index (κ3) is 5.26. The number of benzene rings is 2. The molecule has 2 aromatic carbocycles. The van der Waals surface area contributed by atoms with E-state index in [4.69, 9.17) is 4.74 Å². The Kier molecular flexibility index (Phi) is 7.25. The molecular weight excluding hydrogens is 473 g/mol. The molecule has 0 radical (unpaired) electrons. The van der Waals surface area contributed by atoms with Crippen LogP contribution in [0, 0.1) is 32.5 Å². The highest BCUT2D eigenvalue weighted by Gasteiger charge is 2.24. The van der Waals surface area contributed by atoms with Crippen molar-refractivity contribution in [2.24, 2.45) is 5.92 Å². The van der Waals surface area contributed by atoms with Crippen LogP contribution >= 0.6 is 11.3 Å². The van der Waals surface area contributed by atoms with E-state index in [0.29, 0.717) is 17.0 Å². The van der Waals surface area contributed by atoms with Crippen molar-refractivity contribution in [3.63, 3.8) is 0 Å². The summed E-state index contributed by atoms with van der Waals surface area (Å²) in [5.74, 6) is -0.0736. The minimum Gasteiger partial charge on any atom is -0.381 e. The molecule has 6 nitrogen and oxygen atoms in total. The Morgan fingerprint density at radius 1 is 1.12 bits per heavy atom. The summed E-state index contributed by atoms with van der Waals surface area (Å²) in [6.45, 7) is 9.07. The molecule has 0 aliphatic carbocycles. The first-order chi connectivity index (χ1) is 16.2. The Hall–Kier alpha value is -2.49. The van der Waals surface area contributed by atoms with Gasteiger partial charge in [0.1, 0.15) is 5.82 Å². The number of thiazole rings is 1. The summed E-state index contributed by atoms with van der Waals surface area (Å²) in [6, 6.07) is 10.0. The second kappa shape index (κ2) is 10.0. The van der Waals surface area contributed by atoms with Gasteiger partial charge in [0.05, 0.1) is 21.2 Å². The number of rotatable bonds is 7. The first-order valence-electron chi connectivity index (χ1n) is 11.4. The quantitative estimate of drug-likeness (QED) is 0.419. The van der Waals surface area contributed by atoms with Crippen molar-refractivity contribution in [1.29, 1.82) is 0 Å². The van der Waals surface area contributed by atoms with Crippen molar-refractivity contribution in [2.45, 2.75) is 51.5 Å². The van der Waals surface area contributed by atoms with E-state index in [0.717, 1.165) is 47.3 Å². The van der Waals surface area contributed by atoms with Gasteiger partial charge in [0.15, 0.2) is 5.13 Å². The molecule has 182 valence electrons. The lowest BCUT2D eigenvalue weighted by atomic mass is 9.93. The molecule has 0 spiro atoms. The highest BCUT2D eigenvalue weighted by molar-refractivity contribution is 7.92. The lowest BCUT2D eigenvalue weighted by Crippen LogP contribution is -2.30. The number of aryl methyl sites for hydroxylation is 3. The first kappa shape index (κ1) is 24.6. The van der Waals surface area contributed by atoms with Gasteiger partial charge >= 0.3 is 0 Å². The van der Waals surface area contributed by atoms with Crippen LogP contribution in [0.4, 0.5) is 15.2 Å². The lowest BCUT2D eigenvalue weighted by molar-refractivity contribution is 0.0622. The second-order valence-corrected chi connectivity index (χ2v) is 11.5. The number of halogens is 1. The van der Waals surface area contributed by atoms with Crippen molar-refractivity contribution in [3.8, 4) is 10.4 Å². The van der Waals surface area contributed by atoms with Crippen LogP contribution in [0.15, 0.2) is 41.3 Å². The zero-order valence-electron chi connectivity index (χ0n) is 19.8. The zero-order chi connectivity index (χ0) is 24.5. The van der Waals surface area contributed by atoms with Crippen molar-refractivity contribution >= 4 is 32.2 Å². The molecule has 0 amide bonds. The molecule has 1 fully saturated rings. The highest BCUT2D eigenvalue weighted by Crippen LogP contribution is 2.36. The Labute approximate surface area is 204 Å². The molecule has 1 aromatic heterocycles. The van der Waals surface area contributed by atoms with Crippen LogP contribution < -0.4 is 10.0 Å². The van der Waals surface area contributed by atoms with Crippen LogP contribution in [0.1, 0.15) is 36.6 Å². The number of para-hydroxylation sites is 1. The van der Waals surface area contributed by atoms with Gasteiger partial charge in [0.25, 0.3) is 10.0 Å². The van der Waals surface area contributed by atoms with Gasteiger partial charge < -0.3 is 10.1 Å². The molecule has 0 saturated carbocycles. The molecule has 1 unspecified atom stereocenters. The second-order valence-electron chi connectivity index (χ2n) is 8.83. The smallest absolute Gasteiger partial charge is 0.262 e. The summed E-state index contributed by atoms with van der Waals surface area (Å²) in [5.41, 5.74) is 2.66. The van der Waals surface area contributed by atoms with Gasteiger partial charge in [-0.3, -0.25) is 4.72 Å². The first-order valence-corrected chi connectivity index (χ1v) is 13.7. The maximum Gasteiger partial charge on any atom is 0.262 e. The van der Waals surface area contributed by atoms with Crippen LogP contribution in [0.5, 0.6) is 0 Å². The van der Waals surface area contributed by atoms with Crippen LogP contribution in [0.25, 0.3) is 10.4 Å². The largest absolute Gasteiger partial charge is 0.381 e. The van der Waals surface area contributed by atoms with Gasteiger partial charge in [0, 0.05) is 19.3 Å². The lowest BCUT2D eigenvalue weighted by Gasteiger charge is -2.28. The predicted molar refractivity (Wildman–Crippen MR) is 136 cm³/mol. The predicted octanol–water partition coefficient (Wildman–Crippen LogP) is 5.90. The third-order valence-corrected chi connectivity index (χ3v) is 8.95. The molecule has 1 aliphatic heterocycles. The number of ether oxygens (including phenoxy) is 1. The summed E-state index contributed by atoms with van der Waals surface area (Å²) in [7, 11) is -3.99. The van der Waals surface area contributed by atoms with Crippen LogP contribution in [0.2, 0.25) is 0 Å². The Morgan fingerprint density at radius 2 is 1.85 bits per heavy atom. The molecule has 0 bridgehead atoms. The summed E-state index contributed by atoms with van der Waals surface area (Å²) in [5, 5.41) is 4.34. The number of anilines is 2. The molecule has 3 aromatic rings. The van der Waals surface area contributed by atoms with E-state index in [9.17, 15) is 12.8 Å². The normalized spacial score (nSPS) is 15.8. The van der Waals surface area contributed by atoms with E-state index in [2.05, 4.69) is 21.9 Å². The van der Waals surface area contributed by atoms with Crippen LogP contribution in [-0.4, -0.2) is 32.7 Å². The fourth-order valence-corrected chi connectivity index (χ4v) is 6.71. The third-order valence-electron chi connectivity index (χ3n) is 6.32. The van der Waals surface area contributed by atoms with Gasteiger partial charge in [0.2, 0.25) is 0 Å². The van der Waals surface area contributed by atoms with E-state index in [1.54, 1.807) is 38.1 Å². The van der Waals surface area contributed by atoms with Crippen LogP contribution in [0.3, 0.4) is 0 Å². The zero-order valence-corrected chi connectivity index (χ0v) is 21.4. The fourth-order valence-electron chi connectivity index (χ4n) is 4.24. The minimum atomic E-state index is -3.99. The number of hydrogen-bond donors (Lipinski definition) is 2.